The lowest BCUT2D eigenvalue weighted by molar-refractivity contribution is -0.129. The predicted octanol–water partition coefficient (Wildman–Crippen LogP) is 2.67. The number of hydrogen-bond donors (Lipinski definition) is 1. The summed E-state index contributed by atoms with van der Waals surface area (Å²) in [6.07, 6.45) is 1.00. The van der Waals surface area contributed by atoms with Crippen LogP contribution in [0.2, 0.25) is 0 Å². The van der Waals surface area contributed by atoms with Crippen LogP contribution >= 0.6 is 0 Å². The van der Waals surface area contributed by atoms with Gasteiger partial charge in [-0.05, 0) is 42.7 Å². The maximum absolute atomic E-state index is 12.8. The highest BCUT2D eigenvalue weighted by Gasteiger charge is 2.52. The molecule has 0 bridgehead atoms. The molecule has 0 saturated carbocycles. The number of anilines is 1. The third kappa shape index (κ3) is 2.64. The Morgan fingerprint density at radius 1 is 1.23 bits per heavy atom. The summed E-state index contributed by atoms with van der Waals surface area (Å²) in [4.78, 5) is 27.3. The minimum atomic E-state index is -0.660. The minimum absolute atomic E-state index is 0.0219. The van der Waals surface area contributed by atoms with Gasteiger partial charge in [0.05, 0.1) is 18.9 Å². The lowest BCUT2D eigenvalue weighted by Crippen LogP contribution is -2.39. The fourth-order valence-electron chi connectivity index (χ4n) is 3.94. The van der Waals surface area contributed by atoms with Gasteiger partial charge in [0, 0.05) is 18.8 Å². The zero-order valence-corrected chi connectivity index (χ0v) is 15.0. The van der Waals surface area contributed by atoms with Gasteiger partial charge in [-0.15, -0.1) is 0 Å². The number of rotatable bonds is 3. The van der Waals surface area contributed by atoms with Gasteiger partial charge in [0.2, 0.25) is 11.8 Å². The number of methoxy groups -OCH3 is 1. The fourth-order valence-corrected chi connectivity index (χ4v) is 3.94. The van der Waals surface area contributed by atoms with Gasteiger partial charge in [-0.2, -0.15) is 0 Å². The van der Waals surface area contributed by atoms with Crippen LogP contribution in [0.15, 0.2) is 42.5 Å². The molecule has 2 aliphatic rings. The Morgan fingerprint density at radius 3 is 2.73 bits per heavy atom. The van der Waals surface area contributed by atoms with Crippen LogP contribution in [0.5, 0.6) is 5.75 Å². The maximum atomic E-state index is 12.8. The molecule has 1 unspecified atom stereocenters. The number of benzene rings is 2. The molecule has 2 aromatic rings. The van der Waals surface area contributed by atoms with Gasteiger partial charge in [-0.25, -0.2) is 0 Å². The lowest BCUT2D eigenvalue weighted by Gasteiger charge is -2.23. The number of ether oxygens (including phenoxy) is 1. The van der Waals surface area contributed by atoms with Crippen molar-refractivity contribution in [1.82, 2.24) is 4.90 Å². The largest absolute Gasteiger partial charge is 0.497 e. The highest BCUT2D eigenvalue weighted by Crippen LogP contribution is 2.45. The van der Waals surface area contributed by atoms with Crippen molar-refractivity contribution in [3.63, 3.8) is 0 Å². The normalized spacial score (nSPS) is 21.0. The van der Waals surface area contributed by atoms with Crippen molar-refractivity contribution in [2.75, 3.05) is 25.5 Å². The number of carbonyl (C=O) groups excluding carboxylic acids is 2. The monoisotopic (exact) mass is 350 g/mol. The van der Waals surface area contributed by atoms with E-state index in [4.69, 9.17) is 4.74 Å². The van der Waals surface area contributed by atoms with Crippen LogP contribution in [0, 0.1) is 6.92 Å². The fraction of sp³-hybridized carbons (Fsp3) is 0.333. The van der Waals surface area contributed by atoms with E-state index in [0.29, 0.717) is 25.9 Å². The number of likely N-dealkylation sites (tertiary alicyclic amines) is 1. The summed E-state index contributed by atoms with van der Waals surface area (Å²) in [5.74, 6) is 0.769. The Balaban J connectivity index is 1.55. The van der Waals surface area contributed by atoms with E-state index in [1.54, 1.807) is 7.11 Å². The highest BCUT2D eigenvalue weighted by atomic mass is 16.5. The predicted molar refractivity (Wildman–Crippen MR) is 99.4 cm³/mol. The van der Waals surface area contributed by atoms with Crippen molar-refractivity contribution < 1.29 is 14.3 Å². The molecule has 4 rings (SSSR count). The molecule has 1 N–H and O–H groups in total. The summed E-state index contributed by atoms with van der Waals surface area (Å²) in [6.45, 7) is 3.04. The Kier molecular flexibility index (Phi) is 3.94. The minimum Gasteiger partial charge on any atom is -0.497 e. The van der Waals surface area contributed by atoms with Crippen molar-refractivity contribution in [3.8, 4) is 5.75 Å². The number of nitrogens with zero attached hydrogens (tertiary/aromatic N) is 1. The van der Waals surface area contributed by atoms with Crippen LogP contribution in [0.3, 0.4) is 0 Å². The molecule has 2 heterocycles. The van der Waals surface area contributed by atoms with Gasteiger partial charge in [-0.1, -0.05) is 29.8 Å². The summed E-state index contributed by atoms with van der Waals surface area (Å²) in [6, 6.07) is 13.6. The van der Waals surface area contributed by atoms with Crippen LogP contribution in [0.4, 0.5) is 5.69 Å². The molecule has 5 heteroatoms. The number of hydrogen-bond acceptors (Lipinski definition) is 3. The summed E-state index contributed by atoms with van der Waals surface area (Å²) < 4.78 is 5.32. The highest BCUT2D eigenvalue weighted by molar-refractivity contribution is 6.07. The first-order valence-corrected chi connectivity index (χ1v) is 8.85. The summed E-state index contributed by atoms with van der Waals surface area (Å²) >= 11 is 0. The van der Waals surface area contributed by atoms with Gasteiger partial charge in [-0.3, -0.25) is 9.59 Å². The number of nitrogens with one attached hydrogen (secondary N) is 1. The second-order valence-corrected chi connectivity index (χ2v) is 7.18. The Hall–Kier alpha value is -2.82. The van der Waals surface area contributed by atoms with E-state index < -0.39 is 5.41 Å². The third-order valence-electron chi connectivity index (χ3n) is 5.52. The van der Waals surface area contributed by atoms with Crippen molar-refractivity contribution in [1.29, 1.82) is 0 Å². The number of aryl methyl sites for hydroxylation is 1. The zero-order chi connectivity index (χ0) is 18.3. The smallest absolute Gasteiger partial charge is 0.237 e. The second-order valence-electron chi connectivity index (χ2n) is 7.18. The molecule has 2 aromatic carbocycles. The standard InChI is InChI=1S/C21H22N2O3/c1-14-3-5-15(6-4-14)11-19(24)23-10-9-21(13-23)17-12-16(26-2)7-8-18(17)22-20(21)25/h3-8,12H,9-11,13H2,1-2H3,(H,22,25). The van der Waals surface area contributed by atoms with Gasteiger partial charge < -0.3 is 15.0 Å². The van der Waals surface area contributed by atoms with Gasteiger partial charge >= 0.3 is 0 Å². The van der Waals surface area contributed by atoms with Gasteiger partial charge in [0.25, 0.3) is 0 Å². The van der Waals surface area contributed by atoms with Crippen LogP contribution in [0.1, 0.15) is 23.1 Å². The van der Waals surface area contributed by atoms with E-state index in [2.05, 4.69) is 5.32 Å². The van der Waals surface area contributed by atoms with E-state index in [1.165, 1.54) is 5.56 Å². The molecule has 134 valence electrons. The molecule has 1 atom stereocenters. The van der Waals surface area contributed by atoms with Crippen molar-refractivity contribution >= 4 is 17.5 Å². The molecular formula is C21H22N2O3. The van der Waals surface area contributed by atoms with Crippen LogP contribution < -0.4 is 10.1 Å². The van der Waals surface area contributed by atoms with E-state index in [9.17, 15) is 9.59 Å². The van der Waals surface area contributed by atoms with Crippen molar-refractivity contribution in [3.05, 3.63) is 59.2 Å². The lowest BCUT2D eigenvalue weighted by atomic mass is 9.81. The molecule has 1 saturated heterocycles. The number of fused-ring (bicyclic) bond motifs is 2. The van der Waals surface area contributed by atoms with Crippen molar-refractivity contribution in [2.24, 2.45) is 0 Å². The van der Waals surface area contributed by atoms with Crippen molar-refractivity contribution in [2.45, 2.75) is 25.2 Å². The van der Waals surface area contributed by atoms with E-state index in [1.807, 2.05) is 54.3 Å². The SMILES string of the molecule is COc1ccc2c(c1)C1(CCN(C(=O)Cc3ccc(C)cc3)C1)C(=O)N2. The summed E-state index contributed by atoms with van der Waals surface area (Å²) in [7, 11) is 1.62. The van der Waals surface area contributed by atoms with E-state index in [0.717, 1.165) is 22.6 Å². The molecule has 0 aliphatic carbocycles. The zero-order valence-electron chi connectivity index (χ0n) is 15.0. The Bertz CT molecular complexity index is 875. The first kappa shape index (κ1) is 16.6. The van der Waals surface area contributed by atoms with Gasteiger partial charge in [0.1, 0.15) is 5.75 Å². The molecule has 1 spiro atoms. The maximum Gasteiger partial charge on any atom is 0.237 e. The number of amides is 2. The average molecular weight is 350 g/mol. The summed E-state index contributed by atoms with van der Waals surface area (Å²) in [5.41, 5.74) is 3.28. The average Bonchev–Trinajstić information content (AvgIpc) is 3.20. The quantitative estimate of drug-likeness (QED) is 0.926. The molecule has 0 aromatic heterocycles. The van der Waals surface area contributed by atoms with Crippen LogP contribution in [0.25, 0.3) is 0 Å². The van der Waals surface area contributed by atoms with Gasteiger partial charge in [0.15, 0.2) is 0 Å². The molecule has 2 amide bonds. The molecule has 0 radical (unpaired) electrons. The van der Waals surface area contributed by atoms with E-state index in [-0.39, 0.29) is 11.8 Å². The molecule has 26 heavy (non-hydrogen) atoms. The Labute approximate surface area is 153 Å². The topological polar surface area (TPSA) is 58.6 Å². The number of carbonyl (C=O) groups is 2. The van der Waals surface area contributed by atoms with Crippen LogP contribution in [-0.4, -0.2) is 36.9 Å². The Morgan fingerprint density at radius 2 is 2.00 bits per heavy atom. The molecule has 2 aliphatic heterocycles. The second kappa shape index (κ2) is 6.16. The first-order chi connectivity index (χ1) is 12.5. The molecule has 5 nitrogen and oxygen atoms in total. The third-order valence-corrected chi connectivity index (χ3v) is 5.52. The molecular weight excluding hydrogens is 328 g/mol. The first-order valence-electron chi connectivity index (χ1n) is 8.85. The van der Waals surface area contributed by atoms with Crippen LogP contribution in [-0.2, 0) is 21.4 Å². The molecule has 1 fully saturated rings. The summed E-state index contributed by atoms with van der Waals surface area (Å²) in [5, 5.41) is 2.96. The van der Waals surface area contributed by atoms with E-state index >= 15 is 0 Å².